The SMILES string of the molecule is Cc1nc(NC(C)c2cccc(N3CCOC3=O)c2)c2cn[nH]c2n1. The third-order valence-electron chi connectivity index (χ3n) is 4.22. The maximum atomic E-state index is 11.8. The zero-order valence-corrected chi connectivity index (χ0v) is 14.0. The fourth-order valence-electron chi connectivity index (χ4n) is 2.94. The van der Waals surface area contributed by atoms with Crippen LogP contribution in [0.25, 0.3) is 11.0 Å². The molecular formula is C17H18N6O2. The number of hydrogen-bond donors (Lipinski definition) is 2. The highest BCUT2D eigenvalue weighted by Crippen LogP contribution is 2.27. The Hall–Kier alpha value is -3.16. The molecule has 0 bridgehead atoms. The van der Waals surface area contributed by atoms with Crippen molar-refractivity contribution in [2.24, 2.45) is 0 Å². The number of aromatic amines is 1. The molecule has 1 aromatic carbocycles. The Morgan fingerprint density at radius 1 is 1.36 bits per heavy atom. The lowest BCUT2D eigenvalue weighted by atomic mass is 10.1. The number of anilines is 2. The molecule has 128 valence electrons. The number of rotatable bonds is 4. The highest BCUT2D eigenvalue weighted by atomic mass is 16.6. The number of H-pyrrole nitrogens is 1. The Labute approximate surface area is 144 Å². The first-order valence-electron chi connectivity index (χ1n) is 8.10. The zero-order chi connectivity index (χ0) is 17.4. The van der Waals surface area contributed by atoms with Crippen molar-refractivity contribution in [3.8, 4) is 0 Å². The monoisotopic (exact) mass is 338 g/mol. The number of fused-ring (bicyclic) bond motifs is 1. The number of nitrogens with zero attached hydrogens (tertiary/aromatic N) is 4. The molecule has 3 heterocycles. The predicted molar refractivity (Wildman–Crippen MR) is 93.6 cm³/mol. The predicted octanol–water partition coefficient (Wildman–Crippen LogP) is 2.79. The van der Waals surface area contributed by atoms with E-state index in [2.05, 4.69) is 25.5 Å². The van der Waals surface area contributed by atoms with Crippen molar-refractivity contribution in [2.75, 3.05) is 23.4 Å². The van der Waals surface area contributed by atoms with Gasteiger partial charge in [-0.3, -0.25) is 10.00 Å². The van der Waals surface area contributed by atoms with Crippen LogP contribution < -0.4 is 10.2 Å². The van der Waals surface area contributed by atoms with Crippen LogP contribution in [0.2, 0.25) is 0 Å². The van der Waals surface area contributed by atoms with Gasteiger partial charge in [-0.2, -0.15) is 5.10 Å². The van der Waals surface area contributed by atoms with E-state index < -0.39 is 0 Å². The minimum Gasteiger partial charge on any atom is -0.447 e. The Bertz CT molecular complexity index is 938. The van der Waals surface area contributed by atoms with Crippen molar-refractivity contribution in [1.29, 1.82) is 0 Å². The largest absolute Gasteiger partial charge is 0.447 e. The Morgan fingerprint density at radius 2 is 2.24 bits per heavy atom. The molecular weight excluding hydrogens is 320 g/mol. The van der Waals surface area contributed by atoms with Gasteiger partial charge in [-0.1, -0.05) is 12.1 Å². The van der Waals surface area contributed by atoms with E-state index in [0.29, 0.717) is 24.6 Å². The minimum atomic E-state index is -0.302. The van der Waals surface area contributed by atoms with Crippen LogP contribution in [0.5, 0.6) is 0 Å². The van der Waals surface area contributed by atoms with E-state index in [1.165, 1.54) is 0 Å². The summed E-state index contributed by atoms with van der Waals surface area (Å²) >= 11 is 0. The molecule has 1 unspecified atom stereocenters. The van der Waals surface area contributed by atoms with Gasteiger partial charge in [-0.25, -0.2) is 14.8 Å². The van der Waals surface area contributed by atoms with E-state index in [0.717, 1.165) is 22.5 Å². The molecule has 2 N–H and O–H groups in total. The van der Waals surface area contributed by atoms with Crippen molar-refractivity contribution >= 4 is 28.6 Å². The number of amides is 1. The molecule has 0 saturated carbocycles. The molecule has 4 rings (SSSR count). The van der Waals surface area contributed by atoms with E-state index in [4.69, 9.17) is 4.74 Å². The van der Waals surface area contributed by atoms with Gasteiger partial charge in [0.15, 0.2) is 5.65 Å². The van der Waals surface area contributed by atoms with Gasteiger partial charge in [0, 0.05) is 5.69 Å². The summed E-state index contributed by atoms with van der Waals surface area (Å²) in [5.41, 5.74) is 2.59. The molecule has 0 spiro atoms. The molecule has 3 aromatic rings. The van der Waals surface area contributed by atoms with Gasteiger partial charge in [-0.05, 0) is 31.5 Å². The second-order valence-electron chi connectivity index (χ2n) is 5.98. The van der Waals surface area contributed by atoms with Crippen molar-refractivity contribution in [1.82, 2.24) is 20.2 Å². The molecule has 1 aliphatic heterocycles. The van der Waals surface area contributed by atoms with Gasteiger partial charge in [0.25, 0.3) is 0 Å². The zero-order valence-electron chi connectivity index (χ0n) is 14.0. The lowest BCUT2D eigenvalue weighted by molar-refractivity contribution is 0.181. The molecule has 8 heteroatoms. The van der Waals surface area contributed by atoms with Crippen LogP contribution >= 0.6 is 0 Å². The van der Waals surface area contributed by atoms with Crippen LogP contribution in [-0.2, 0) is 4.74 Å². The van der Waals surface area contributed by atoms with Crippen molar-refractivity contribution in [3.63, 3.8) is 0 Å². The lowest BCUT2D eigenvalue weighted by Gasteiger charge is -2.19. The molecule has 0 radical (unpaired) electrons. The van der Waals surface area contributed by atoms with Crippen LogP contribution in [-0.4, -0.2) is 39.4 Å². The van der Waals surface area contributed by atoms with Crippen LogP contribution in [0.3, 0.4) is 0 Å². The highest BCUT2D eigenvalue weighted by molar-refractivity contribution is 5.89. The number of aryl methyl sites for hydroxylation is 1. The summed E-state index contributed by atoms with van der Waals surface area (Å²) in [5.74, 6) is 1.40. The third kappa shape index (κ3) is 2.86. The van der Waals surface area contributed by atoms with E-state index in [9.17, 15) is 4.79 Å². The quantitative estimate of drug-likeness (QED) is 0.759. The summed E-state index contributed by atoms with van der Waals surface area (Å²) in [5, 5.41) is 11.2. The number of benzene rings is 1. The molecule has 1 amide bonds. The lowest BCUT2D eigenvalue weighted by Crippen LogP contribution is -2.23. The molecule has 1 atom stereocenters. The summed E-state index contributed by atoms with van der Waals surface area (Å²) in [7, 11) is 0. The molecule has 1 fully saturated rings. The van der Waals surface area contributed by atoms with E-state index in [1.54, 1.807) is 11.1 Å². The first kappa shape index (κ1) is 15.4. The standard InChI is InChI=1S/C17H18N6O2/c1-10(19-15-14-9-18-22-16(14)21-11(2)20-15)12-4-3-5-13(8-12)23-6-7-25-17(23)24/h3-5,8-10H,6-7H2,1-2H3,(H2,18,19,20,21,22). The molecule has 2 aromatic heterocycles. The molecule has 1 saturated heterocycles. The van der Waals surface area contributed by atoms with Gasteiger partial charge in [0.05, 0.1) is 24.2 Å². The fourth-order valence-corrected chi connectivity index (χ4v) is 2.94. The normalized spacial score (nSPS) is 15.4. The summed E-state index contributed by atoms with van der Waals surface area (Å²) in [6, 6.07) is 7.85. The van der Waals surface area contributed by atoms with Crippen molar-refractivity contribution in [3.05, 3.63) is 41.9 Å². The fraction of sp³-hybridized carbons (Fsp3) is 0.294. The smallest absolute Gasteiger partial charge is 0.414 e. The molecule has 8 nitrogen and oxygen atoms in total. The van der Waals surface area contributed by atoms with E-state index in [1.807, 2.05) is 38.1 Å². The van der Waals surface area contributed by atoms with Gasteiger partial charge < -0.3 is 10.1 Å². The Morgan fingerprint density at radius 3 is 3.04 bits per heavy atom. The average molecular weight is 338 g/mol. The van der Waals surface area contributed by atoms with Gasteiger partial charge in [-0.15, -0.1) is 0 Å². The third-order valence-corrected chi connectivity index (χ3v) is 4.22. The second kappa shape index (κ2) is 6.04. The number of hydrogen-bond acceptors (Lipinski definition) is 6. The summed E-state index contributed by atoms with van der Waals surface area (Å²) < 4.78 is 5.01. The van der Waals surface area contributed by atoms with Crippen LogP contribution in [0, 0.1) is 6.92 Å². The first-order valence-corrected chi connectivity index (χ1v) is 8.10. The maximum absolute atomic E-state index is 11.8. The Kier molecular flexibility index (Phi) is 3.72. The maximum Gasteiger partial charge on any atom is 0.414 e. The number of carbonyl (C=O) groups is 1. The number of carbonyl (C=O) groups excluding carboxylic acids is 1. The van der Waals surface area contributed by atoms with E-state index >= 15 is 0 Å². The van der Waals surface area contributed by atoms with Gasteiger partial charge >= 0.3 is 6.09 Å². The number of ether oxygens (including phenoxy) is 1. The van der Waals surface area contributed by atoms with Crippen molar-refractivity contribution < 1.29 is 9.53 Å². The number of nitrogens with one attached hydrogen (secondary N) is 2. The number of aromatic nitrogens is 4. The average Bonchev–Trinajstić information content (AvgIpc) is 3.23. The first-order chi connectivity index (χ1) is 12.1. The number of cyclic esters (lactones) is 1. The topological polar surface area (TPSA) is 96.0 Å². The molecule has 25 heavy (non-hydrogen) atoms. The van der Waals surface area contributed by atoms with Crippen LogP contribution in [0.1, 0.15) is 24.4 Å². The van der Waals surface area contributed by atoms with Crippen molar-refractivity contribution in [2.45, 2.75) is 19.9 Å². The highest BCUT2D eigenvalue weighted by Gasteiger charge is 2.24. The summed E-state index contributed by atoms with van der Waals surface area (Å²) in [4.78, 5) is 22.2. The van der Waals surface area contributed by atoms with Crippen LogP contribution in [0.4, 0.5) is 16.3 Å². The summed E-state index contributed by atoms with van der Waals surface area (Å²) in [6.07, 6.45) is 1.41. The van der Waals surface area contributed by atoms with Gasteiger partial charge in [0.1, 0.15) is 18.2 Å². The minimum absolute atomic E-state index is 0.00836. The Balaban J connectivity index is 1.61. The second-order valence-corrected chi connectivity index (χ2v) is 5.98. The summed E-state index contributed by atoms with van der Waals surface area (Å²) in [6.45, 7) is 4.89. The van der Waals surface area contributed by atoms with Crippen LogP contribution in [0.15, 0.2) is 30.5 Å². The molecule has 0 aliphatic carbocycles. The van der Waals surface area contributed by atoms with E-state index in [-0.39, 0.29) is 12.1 Å². The molecule has 1 aliphatic rings. The van der Waals surface area contributed by atoms with Gasteiger partial charge in [0.2, 0.25) is 0 Å².